The van der Waals surface area contributed by atoms with E-state index in [1.165, 1.54) is 12.1 Å². The zero-order valence-corrected chi connectivity index (χ0v) is 12.8. The predicted molar refractivity (Wildman–Crippen MR) is 85.1 cm³/mol. The molecule has 0 bridgehead atoms. The smallest absolute Gasteiger partial charge is 0.257 e. The Morgan fingerprint density at radius 2 is 2.05 bits per heavy atom. The first-order chi connectivity index (χ1) is 10.0. The lowest BCUT2D eigenvalue weighted by atomic mass is 10.1. The minimum absolute atomic E-state index is 0.239. The number of nitrogens with one attached hydrogen (secondary N) is 2. The zero-order chi connectivity index (χ0) is 15.0. The highest BCUT2D eigenvalue weighted by molar-refractivity contribution is 9.10. The van der Waals surface area contributed by atoms with E-state index in [0.717, 1.165) is 10.0 Å². The van der Waals surface area contributed by atoms with Crippen LogP contribution in [0.5, 0.6) is 0 Å². The molecule has 106 valence electrons. The Labute approximate surface area is 129 Å². The van der Waals surface area contributed by atoms with Crippen LogP contribution in [0.2, 0.25) is 0 Å². The number of fused-ring (bicyclic) bond motifs is 1. The second-order valence-corrected chi connectivity index (χ2v) is 5.68. The Hall–Kier alpha value is -2.14. The molecule has 0 aliphatic heterocycles. The molecule has 0 spiro atoms. The van der Waals surface area contributed by atoms with Crippen LogP contribution in [0.25, 0.3) is 10.9 Å². The van der Waals surface area contributed by atoms with Gasteiger partial charge in [-0.2, -0.15) is 0 Å². The molecular weight excluding hydrogens is 335 g/mol. The summed E-state index contributed by atoms with van der Waals surface area (Å²) in [4.78, 5) is 15.3. The van der Waals surface area contributed by atoms with Crippen LogP contribution in [0, 0.1) is 12.7 Å². The van der Waals surface area contributed by atoms with Gasteiger partial charge >= 0.3 is 0 Å². The summed E-state index contributed by atoms with van der Waals surface area (Å²) in [6, 6.07) is 10.00. The summed E-state index contributed by atoms with van der Waals surface area (Å²) >= 11 is 3.43. The van der Waals surface area contributed by atoms with Gasteiger partial charge in [-0.25, -0.2) is 4.39 Å². The molecule has 0 radical (unpaired) electrons. The number of aromatic amines is 1. The third-order valence-electron chi connectivity index (χ3n) is 3.26. The van der Waals surface area contributed by atoms with Crippen molar-refractivity contribution in [2.75, 3.05) is 5.32 Å². The van der Waals surface area contributed by atoms with Gasteiger partial charge in [-0.3, -0.25) is 4.79 Å². The highest BCUT2D eigenvalue weighted by Crippen LogP contribution is 2.25. The molecule has 3 rings (SSSR count). The second-order valence-electron chi connectivity index (χ2n) is 4.83. The lowest BCUT2D eigenvalue weighted by molar-refractivity contribution is 0.102. The van der Waals surface area contributed by atoms with Gasteiger partial charge in [-0.05, 0) is 58.7 Å². The molecule has 0 aliphatic carbocycles. The minimum Gasteiger partial charge on any atom is -0.360 e. The molecule has 3 aromatic rings. The number of hydrogen-bond acceptors (Lipinski definition) is 1. The molecule has 1 amide bonds. The molecule has 0 saturated carbocycles. The highest BCUT2D eigenvalue weighted by Gasteiger charge is 2.13. The van der Waals surface area contributed by atoms with Gasteiger partial charge in [0.1, 0.15) is 5.82 Å². The number of aromatic nitrogens is 1. The standard InChI is InChI=1S/C16H12BrFN2O/c1-9-2-5-14(13(17)6-9)20-16(21)12-8-19-15-7-10(18)3-4-11(12)15/h2-8,19H,1H3,(H,20,21). The Balaban J connectivity index is 1.94. The first-order valence-corrected chi connectivity index (χ1v) is 7.18. The van der Waals surface area contributed by atoms with E-state index in [2.05, 4.69) is 26.2 Å². The van der Waals surface area contributed by atoms with Crippen molar-refractivity contribution in [3.63, 3.8) is 0 Å². The summed E-state index contributed by atoms with van der Waals surface area (Å²) in [5.41, 5.74) is 2.88. The van der Waals surface area contributed by atoms with Gasteiger partial charge in [-0.15, -0.1) is 0 Å². The van der Waals surface area contributed by atoms with Crippen molar-refractivity contribution < 1.29 is 9.18 Å². The SMILES string of the molecule is Cc1ccc(NC(=O)c2c[nH]c3cc(F)ccc23)c(Br)c1. The summed E-state index contributed by atoms with van der Waals surface area (Å²) in [7, 11) is 0. The summed E-state index contributed by atoms with van der Waals surface area (Å²) < 4.78 is 14.0. The fraction of sp³-hybridized carbons (Fsp3) is 0.0625. The number of anilines is 1. The monoisotopic (exact) mass is 346 g/mol. The number of aryl methyl sites for hydroxylation is 1. The summed E-state index contributed by atoms with van der Waals surface area (Å²) in [6.07, 6.45) is 1.58. The number of hydrogen-bond donors (Lipinski definition) is 2. The van der Waals surface area contributed by atoms with E-state index < -0.39 is 0 Å². The molecule has 21 heavy (non-hydrogen) atoms. The molecule has 0 atom stereocenters. The zero-order valence-electron chi connectivity index (χ0n) is 11.2. The number of benzene rings is 2. The predicted octanol–water partition coefficient (Wildman–Crippen LogP) is 4.63. The van der Waals surface area contributed by atoms with E-state index in [0.29, 0.717) is 22.2 Å². The van der Waals surface area contributed by atoms with Crippen LogP contribution < -0.4 is 5.32 Å². The van der Waals surface area contributed by atoms with Crippen LogP contribution in [-0.4, -0.2) is 10.9 Å². The van der Waals surface area contributed by atoms with E-state index in [9.17, 15) is 9.18 Å². The molecule has 3 nitrogen and oxygen atoms in total. The third-order valence-corrected chi connectivity index (χ3v) is 3.92. The molecule has 0 unspecified atom stereocenters. The van der Waals surface area contributed by atoms with Crippen molar-refractivity contribution in [2.45, 2.75) is 6.92 Å². The largest absolute Gasteiger partial charge is 0.360 e. The average molecular weight is 347 g/mol. The van der Waals surface area contributed by atoms with Crippen molar-refractivity contribution in [2.24, 2.45) is 0 Å². The second kappa shape index (κ2) is 5.33. The van der Waals surface area contributed by atoms with E-state index in [1.54, 1.807) is 12.3 Å². The molecule has 5 heteroatoms. The molecule has 0 saturated heterocycles. The number of amides is 1. The molecular formula is C16H12BrFN2O. The topological polar surface area (TPSA) is 44.9 Å². The van der Waals surface area contributed by atoms with Gasteiger partial charge in [0, 0.05) is 21.6 Å². The first kappa shape index (κ1) is 13.8. The fourth-order valence-corrected chi connectivity index (χ4v) is 2.79. The van der Waals surface area contributed by atoms with E-state index in [4.69, 9.17) is 0 Å². The van der Waals surface area contributed by atoms with E-state index in [1.807, 2.05) is 25.1 Å². The Morgan fingerprint density at radius 3 is 2.81 bits per heavy atom. The number of rotatable bonds is 2. The summed E-state index contributed by atoms with van der Waals surface area (Å²) in [5.74, 6) is -0.574. The third kappa shape index (κ3) is 2.69. The van der Waals surface area contributed by atoms with Gasteiger partial charge in [0.05, 0.1) is 11.3 Å². The maximum atomic E-state index is 13.2. The van der Waals surface area contributed by atoms with Crippen LogP contribution >= 0.6 is 15.9 Å². The minimum atomic E-state index is -0.336. The maximum absolute atomic E-state index is 13.2. The molecule has 0 aliphatic rings. The van der Waals surface area contributed by atoms with Crippen LogP contribution in [0.3, 0.4) is 0 Å². The molecule has 2 N–H and O–H groups in total. The normalized spacial score (nSPS) is 10.8. The lowest BCUT2D eigenvalue weighted by Gasteiger charge is -2.07. The van der Waals surface area contributed by atoms with Crippen molar-refractivity contribution >= 4 is 38.4 Å². The summed E-state index contributed by atoms with van der Waals surface area (Å²) in [5, 5.41) is 3.54. The number of carbonyl (C=O) groups is 1. The Bertz CT molecular complexity index is 841. The van der Waals surface area contributed by atoms with Gasteiger partial charge < -0.3 is 10.3 Å². The van der Waals surface area contributed by atoms with Crippen molar-refractivity contribution in [1.29, 1.82) is 0 Å². The van der Waals surface area contributed by atoms with Crippen molar-refractivity contribution in [3.8, 4) is 0 Å². The van der Waals surface area contributed by atoms with Crippen LogP contribution in [0.1, 0.15) is 15.9 Å². The molecule has 0 fully saturated rings. The van der Waals surface area contributed by atoms with Crippen LogP contribution in [0.15, 0.2) is 47.1 Å². The van der Waals surface area contributed by atoms with Gasteiger partial charge in [0.2, 0.25) is 0 Å². The Morgan fingerprint density at radius 1 is 1.24 bits per heavy atom. The Kier molecular flexibility index (Phi) is 3.51. The first-order valence-electron chi connectivity index (χ1n) is 6.39. The average Bonchev–Trinajstić information content (AvgIpc) is 2.84. The van der Waals surface area contributed by atoms with Gasteiger partial charge in [0.25, 0.3) is 5.91 Å². The number of carbonyl (C=O) groups excluding carboxylic acids is 1. The lowest BCUT2D eigenvalue weighted by Crippen LogP contribution is -2.11. The molecule has 1 aromatic heterocycles. The summed E-state index contributed by atoms with van der Waals surface area (Å²) in [6.45, 7) is 1.98. The molecule has 1 heterocycles. The maximum Gasteiger partial charge on any atom is 0.257 e. The van der Waals surface area contributed by atoms with E-state index in [-0.39, 0.29) is 11.7 Å². The van der Waals surface area contributed by atoms with Gasteiger partial charge in [-0.1, -0.05) is 6.07 Å². The number of halogens is 2. The number of H-pyrrole nitrogens is 1. The fourth-order valence-electron chi connectivity index (χ4n) is 2.20. The van der Waals surface area contributed by atoms with Crippen molar-refractivity contribution in [3.05, 3.63) is 64.0 Å². The highest BCUT2D eigenvalue weighted by atomic mass is 79.9. The van der Waals surface area contributed by atoms with Crippen molar-refractivity contribution in [1.82, 2.24) is 4.98 Å². The molecule has 2 aromatic carbocycles. The quantitative estimate of drug-likeness (QED) is 0.698. The van der Waals surface area contributed by atoms with Crippen LogP contribution in [-0.2, 0) is 0 Å². The van der Waals surface area contributed by atoms with Crippen LogP contribution in [0.4, 0.5) is 10.1 Å². The van der Waals surface area contributed by atoms with E-state index >= 15 is 0 Å². The van der Waals surface area contributed by atoms with Gasteiger partial charge in [0.15, 0.2) is 0 Å².